The molecule has 2 N–H and O–H groups in total. The summed E-state index contributed by atoms with van der Waals surface area (Å²) in [5.41, 5.74) is 2.97. The van der Waals surface area contributed by atoms with E-state index in [1.54, 1.807) is 11.8 Å². The third kappa shape index (κ3) is 4.24. The van der Waals surface area contributed by atoms with E-state index in [1.807, 2.05) is 0 Å². The average Bonchev–Trinajstić information content (AvgIpc) is 2.99. The number of nitrogens with one attached hydrogen (secondary N) is 2. The van der Waals surface area contributed by atoms with Crippen molar-refractivity contribution < 1.29 is 4.79 Å². The number of rotatable bonds is 5. The van der Waals surface area contributed by atoms with Gasteiger partial charge in [-0.1, -0.05) is 6.07 Å². The summed E-state index contributed by atoms with van der Waals surface area (Å²) in [5, 5.41) is 6.46. The summed E-state index contributed by atoms with van der Waals surface area (Å²) < 4.78 is 0. The van der Waals surface area contributed by atoms with E-state index < -0.39 is 0 Å². The van der Waals surface area contributed by atoms with E-state index in [2.05, 4.69) is 28.8 Å². The summed E-state index contributed by atoms with van der Waals surface area (Å²) >= 11 is 1.65. The Morgan fingerprint density at radius 1 is 1.29 bits per heavy atom. The summed E-state index contributed by atoms with van der Waals surface area (Å²) in [6.07, 6.45) is 6.15. The van der Waals surface area contributed by atoms with Gasteiger partial charge in [-0.15, -0.1) is 11.8 Å². The highest BCUT2D eigenvalue weighted by Crippen LogP contribution is 2.27. The molecule has 0 spiro atoms. The molecule has 1 aliphatic carbocycles. The molecule has 1 unspecified atom stereocenters. The first kappa shape index (κ1) is 14.9. The van der Waals surface area contributed by atoms with Gasteiger partial charge in [0.25, 0.3) is 0 Å². The Kier molecular flexibility index (Phi) is 5.20. The van der Waals surface area contributed by atoms with Crippen LogP contribution in [0.3, 0.4) is 0 Å². The van der Waals surface area contributed by atoms with Crippen LogP contribution in [-0.4, -0.2) is 31.3 Å². The number of carbonyl (C=O) groups is 1. The largest absolute Gasteiger partial charge is 0.355 e. The molecule has 21 heavy (non-hydrogen) atoms. The molecule has 1 aromatic carbocycles. The maximum absolute atomic E-state index is 11.9. The lowest BCUT2D eigenvalue weighted by Gasteiger charge is -2.22. The minimum absolute atomic E-state index is 0.158. The number of fused-ring (bicyclic) bond motifs is 1. The Morgan fingerprint density at radius 2 is 2.19 bits per heavy atom. The Balaban J connectivity index is 1.41. The molecule has 0 saturated carbocycles. The van der Waals surface area contributed by atoms with Crippen molar-refractivity contribution in [1.29, 1.82) is 0 Å². The van der Waals surface area contributed by atoms with Gasteiger partial charge in [-0.2, -0.15) is 0 Å². The van der Waals surface area contributed by atoms with Crippen molar-refractivity contribution in [3.05, 3.63) is 29.3 Å². The lowest BCUT2D eigenvalue weighted by molar-refractivity contribution is -0.118. The van der Waals surface area contributed by atoms with Crippen molar-refractivity contribution in [3.63, 3.8) is 0 Å². The van der Waals surface area contributed by atoms with Crippen LogP contribution in [0.2, 0.25) is 0 Å². The summed E-state index contributed by atoms with van der Waals surface area (Å²) in [6.45, 7) is 2.98. The molecule has 1 atom stereocenters. The van der Waals surface area contributed by atoms with Crippen molar-refractivity contribution >= 4 is 17.7 Å². The van der Waals surface area contributed by atoms with Crippen LogP contribution < -0.4 is 10.6 Å². The number of benzene rings is 1. The Hall–Kier alpha value is -1.00. The van der Waals surface area contributed by atoms with Crippen LogP contribution in [0.25, 0.3) is 0 Å². The first-order valence-electron chi connectivity index (χ1n) is 8.03. The molecule has 2 aliphatic rings. The molecule has 1 amide bonds. The zero-order valence-corrected chi connectivity index (χ0v) is 13.3. The third-order valence-corrected chi connectivity index (χ3v) is 5.42. The smallest absolute Gasteiger partial charge is 0.230 e. The second-order valence-electron chi connectivity index (χ2n) is 6.09. The highest BCUT2D eigenvalue weighted by atomic mass is 32.2. The number of amides is 1. The number of thioether (sulfide) groups is 1. The normalized spacial score (nSPS) is 21.0. The van der Waals surface area contributed by atoms with Gasteiger partial charge in [0.15, 0.2) is 0 Å². The standard InChI is InChI=1S/C17H24N2OS/c20-17(19-11-13-3-2-8-18-10-13)12-21-16-7-6-14-4-1-5-15(14)9-16/h6-7,9,13,18H,1-5,8,10-12H2,(H,19,20). The Bertz CT molecular complexity index is 498. The van der Waals surface area contributed by atoms with Crippen molar-refractivity contribution in [2.45, 2.75) is 37.0 Å². The summed E-state index contributed by atoms with van der Waals surface area (Å²) in [6, 6.07) is 6.66. The fraction of sp³-hybridized carbons (Fsp3) is 0.588. The lowest BCUT2D eigenvalue weighted by Crippen LogP contribution is -2.38. The summed E-state index contributed by atoms with van der Waals surface area (Å²) in [5.74, 6) is 1.29. The zero-order chi connectivity index (χ0) is 14.5. The maximum atomic E-state index is 11.9. The molecule has 0 bridgehead atoms. The molecule has 0 radical (unpaired) electrons. The van der Waals surface area contributed by atoms with Gasteiger partial charge in [0.05, 0.1) is 5.75 Å². The van der Waals surface area contributed by atoms with Crippen LogP contribution in [0, 0.1) is 5.92 Å². The van der Waals surface area contributed by atoms with E-state index in [-0.39, 0.29) is 5.91 Å². The number of hydrogen-bond donors (Lipinski definition) is 2. The highest BCUT2D eigenvalue weighted by molar-refractivity contribution is 8.00. The highest BCUT2D eigenvalue weighted by Gasteiger charge is 2.14. The van der Waals surface area contributed by atoms with Gasteiger partial charge in [0, 0.05) is 11.4 Å². The molecule has 4 heteroatoms. The predicted octanol–water partition coefficient (Wildman–Crippen LogP) is 2.38. The minimum Gasteiger partial charge on any atom is -0.355 e. The second-order valence-corrected chi connectivity index (χ2v) is 7.14. The molecule has 1 aliphatic heterocycles. The van der Waals surface area contributed by atoms with Crippen molar-refractivity contribution in [1.82, 2.24) is 10.6 Å². The van der Waals surface area contributed by atoms with Gasteiger partial charge in [-0.3, -0.25) is 4.79 Å². The van der Waals surface area contributed by atoms with E-state index in [1.165, 1.54) is 48.1 Å². The van der Waals surface area contributed by atoms with Gasteiger partial charge in [-0.25, -0.2) is 0 Å². The number of aryl methyl sites for hydroxylation is 2. The maximum Gasteiger partial charge on any atom is 0.230 e. The molecule has 3 nitrogen and oxygen atoms in total. The number of carbonyl (C=O) groups excluding carboxylic acids is 1. The molecule has 0 aromatic heterocycles. The molecular weight excluding hydrogens is 280 g/mol. The molecule has 1 heterocycles. The topological polar surface area (TPSA) is 41.1 Å². The molecule has 1 fully saturated rings. The molecule has 114 valence electrons. The third-order valence-electron chi connectivity index (χ3n) is 4.43. The first-order valence-corrected chi connectivity index (χ1v) is 9.02. The van der Waals surface area contributed by atoms with Crippen molar-refractivity contribution in [2.75, 3.05) is 25.4 Å². The van der Waals surface area contributed by atoms with Gasteiger partial charge < -0.3 is 10.6 Å². The predicted molar refractivity (Wildman–Crippen MR) is 87.8 cm³/mol. The van der Waals surface area contributed by atoms with Crippen LogP contribution >= 0.6 is 11.8 Å². The van der Waals surface area contributed by atoms with Gasteiger partial charge in [0.2, 0.25) is 5.91 Å². The second kappa shape index (κ2) is 7.32. The average molecular weight is 304 g/mol. The molecule has 3 rings (SSSR count). The molecular formula is C17H24N2OS. The number of piperidine rings is 1. The van der Waals surface area contributed by atoms with E-state index in [0.29, 0.717) is 11.7 Å². The van der Waals surface area contributed by atoms with Crippen LogP contribution in [0.4, 0.5) is 0 Å². The van der Waals surface area contributed by atoms with Gasteiger partial charge in [0.1, 0.15) is 0 Å². The fourth-order valence-electron chi connectivity index (χ4n) is 3.19. The molecule has 1 aromatic rings. The summed E-state index contributed by atoms with van der Waals surface area (Å²) in [7, 11) is 0. The monoisotopic (exact) mass is 304 g/mol. The van der Waals surface area contributed by atoms with E-state index in [0.717, 1.165) is 19.6 Å². The quantitative estimate of drug-likeness (QED) is 0.821. The van der Waals surface area contributed by atoms with E-state index in [9.17, 15) is 4.79 Å². The van der Waals surface area contributed by atoms with E-state index >= 15 is 0 Å². The fourth-order valence-corrected chi connectivity index (χ4v) is 3.98. The van der Waals surface area contributed by atoms with Crippen LogP contribution in [0.15, 0.2) is 23.1 Å². The van der Waals surface area contributed by atoms with Crippen LogP contribution in [0.1, 0.15) is 30.4 Å². The SMILES string of the molecule is O=C(CSc1ccc2c(c1)CCC2)NCC1CCCNC1. The van der Waals surface area contributed by atoms with Gasteiger partial charge >= 0.3 is 0 Å². The van der Waals surface area contributed by atoms with Crippen LogP contribution in [-0.2, 0) is 17.6 Å². The van der Waals surface area contributed by atoms with Gasteiger partial charge in [-0.05, 0) is 74.4 Å². The van der Waals surface area contributed by atoms with E-state index in [4.69, 9.17) is 0 Å². The zero-order valence-electron chi connectivity index (χ0n) is 12.5. The van der Waals surface area contributed by atoms with Crippen molar-refractivity contribution in [2.24, 2.45) is 5.92 Å². The Labute approximate surface area is 131 Å². The Morgan fingerprint density at radius 3 is 3.05 bits per heavy atom. The number of hydrogen-bond acceptors (Lipinski definition) is 3. The van der Waals surface area contributed by atoms with Crippen LogP contribution in [0.5, 0.6) is 0 Å². The summed E-state index contributed by atoms with van der Waals surface area (Å²) in [4.78, 5) is 13.2. The minimum atomic E-state index is 0.158. The van der Waals surface area contributed by atoms with Crippen molar-refractivity contribution in [3.8, 4) is 0 Å². The molecule has 1 saturated heterocycles. The first-order chi connectivity index (χ1) is 10.3. The lowest BCUT2D eigenvalue weighted by atomic mass is 10.00.